The second-order valence-corrected chi connectivity index (χ2v) is 7.12. The first-order chi connectivity index (χ1) is 7.44. The van der Waals surface area contributed by atoms with Gasteiger partial charge in [0.25, 0.3) is 0 Å². The Hall–Kier alpha value is -0.310. The summed E-state index contributed by atoms with van der Waals surface area (Å²) in [6.45, 7) is 4.43. The molecule has 1 aliphatic carbocycles. The van der Waals surface area contributed by atoms with Crippen LogP contribution in [0.25, 0.3) is 0 Å². The molecule has 0 saturated heterocycles. The molecule has 3 heteroatoms. The van der Waals surface area contributed by atoms with Crippen LogP contribution in [0.1, 0.15) is 31.6 Å². The van der Waals surface area contributed by atoms with E-state index in [0.29, 0.717) is 0 Å². The molecule has 2 rings (SSSR count). The highest BCUT2D eigenvalue weighted by molar-refractivity contribution is 7.16. The molecule has 0 fully saturated rings. The maximum atomic E-state index is 9.80. The lowest BCUT2D eigenvalue weighted by molar-refractivity contribution is 0.138. The molecule has 0 amide bonds. The van der Waals surface area contributed by atoms with Crippen molar-refractivity contribution in [2.75, 3.05) is 0 Å². The van der Waals surface area contributed by atoms with Gasteiger partial charge >= 0.3 is 0 Å². The van der Waals surface area contributed by atoms with Crippen molar-refractivity contribution in [3.63, 3.8) is 0 Å². The Morgan fingerprint density at radius 3 is 2.81 bits per heavy atom. The Bertz CT molecular complexity index is 406. The summed E-state index contributed by atoms with van der Waals surface area (Å²) in [4.78, 5) is 1.28. The number of thiophene rings is 1. The summed E-state index contributed by atoms with van der Waals surface area (Å²) < 4.78 is 0.839. The number of aliphatic hydroxyl groups is 1. The molecule has 0 radical (unpaired) electrons. The van der Waals surface area contributed by atoms with Gasteiger partial charge in [-0.1, -0.05) is 37.1 Å². The topological polar surface area (TPSA) is 20.2 Å². The van der Waals surface area contributed by atoms with E-state index >= 15 is 0 Å². The fourth-order valence-electron chi connectivity index (χ4n) is 2.43. The predicted molar refractivity (Wildman–Crippen MR) is 70.1 cm³/mol. The standard InChI is InChI=1S/C13H17ClOS/c1-13(2)7-9(5-10(15)8-13)6-11-3-4-12(14)16-11/h3-5,10,15H,6-8H2,1-2H3. The number of halogens is 1. The summed E-state index contributed by atoms with van der Waals surface area (Å²) in [7, 11) is 0. The molecule has 1 unspecified atom stereocenters. The van der Waals surface area contributed by atoms with Crippen LogP contribution in [0.2, 0.25) is 4.34 Å². The van der Waals surface area contributed by atoms with Crippen molar-refractivity contribution in [2.45, 2.75) is 39.2 Å². The third-order valence-corrected chi connectivity index (χ3v) is 4.16. The highest BCUT2D eigenvalue weighted by atomic mass is 35.5. The molecule has 1 heterocycles. The molecular formula is C13H17ClOS. The van der Waals surface area contributed by atoms with Crippen LogP contribution >= 0.6 is 22.9 Å². The van der Waals surface area contributed by atoms with Crippen LogP contribution in [0.3, 0.4) is 0 Å². The van der Waals surface area contributed by atoms with E-state index in [0.717, 1.165) is 23.6 Å². The molecular weight excluding hydrogens is 240 g/mol. The first-order valence-corrected chi connectivity index (χ1v) is 6.76. The normalized spacial score (nSPS) is 24.2. The monoisotopic (exact) mass is 256 g/mol. The maximum Gasteiger partial charge on any atom is 0.0931 e. The van der Waals surface area contributed by atoms with Crippen LogP contribution in [0, 0.1) is 5.41 Å². The van der Waals surface area contributed by atoms with E-state index < -0.39 is 0 Å². The second-order valence-electron chi connectivity index (χ2n) is 5.32. The molecule has 88 valence electrons. The SMILES string of the molecule is CC1(C)CC(Cc2ccc(Cl)s2)=CC(O)C1. The van der Waals surface area contributed by atoms with Crippen LogP contribution in [0.15, 0.2) is 23.8 Å². The average molecular weight is 257 g/mol. The number of aliphatic hydroxyl groups excluding tert-OH is 1. The van der Waals surface area contributed by atoms with E-state index in [1.807, 2.05) is 12.1 Å². The molecule has 1 aliphatic rings. The Morgan fingerprint density at radius 1 is 1.50 bits per heavy atom. The largest absolute Gasteiger partial charge is 0.389 e. The number of hydrogen-bond donors (Lipinski definition) is 1. The van der Waals surface area contributed by atoms with E-state index in [4.69, 9.17) is 11.6 Å². The van der Waals surface area contributed by atoms with Crippen LogP contribution in [-0.2, 0) is 6.42 Å². The molecule has 0 saturated carbocycles. The van der Waals surface area contributed by atoms with Gasteiger partial charge in [0.15, 0.2) is 0 Å². The molecule has 1 nitrogen and oxygen atoms in total. The van der Waals surface area contributed by atoms with Gasteiger partial charge in [0.2, 0.25) is 0 Å². The van der Waals surface area contributed by atoms with E-state index in [-0.39, 0.29) is 11.5 Å². The van der Waals surface area contributed by atoms with E-state index in [1.165, 1.54) is 10.5 Å². The first-order valence-electron chi connectivity index (χ1n) is 5.56. The fourth-order valence-corrected chi connectivity index (χ4v) is 3.58. The molecule has 0 bridgehead atoms. The van der Waals surface area contributed by atoms with Crippen molar-refractivity contribution in [3.05, 3.63) is 33.0 Å². The van der Waals surface area contributed by atoms with Crippen molar-refractivity contribution in [1.82, 2.24) is 0 Å². The van der Waals surface area contributed by atoms with Gasteiger partial charge in [-0.25, -0.2) is 0 Å². The van der Waals surface area contributed by atoms with Crippen LogP contribution in [0.5, 0.6) is 0 Å². The summed E-state index contributed by atoms with van der Waals surface area (Å²) in [6, 6.07) is 4.01. The zero-order chi connectivity index (χ0) is 11.8. The molecule has 0 aliphatic heterocycles. The third-order valence-electron chi connectivity index (χ3n) is 2.93. The van der Waals surface area contributed by atoms with Crippen molar-refractivity contribution >= 4 is 22.9 Å². The molecule has 1 N–H and O–H groups in total. The van der Waals surface area contributed by atoms with Crippen molar-refractivity contribution in [3.8, 4) is 0 Å². The average Bonchev–Trinajstić information content (AvgIpc) is 2.46. The summed E-state index contributed by atoms with van der Waals surface area (Å²) >= 11 is 7.54. The lowest BCUT2D eigenvalue weighted by Gasteiger charge is -2.32. The van der Waals surface area contributed by atoms with Gasteiger partial charge in [-0.05, 0) is 30.4 Å². The van der Waals surface area contributed by atoms with Gasteiger partial charge in [-0.2, -0.15) is 0 Å². The fraction of sp³-hybridized carbons (Fsp3) is 0.538. The minimum atomic E-state index is -0.283. The molecule has 0 spiro atoms. The van der Waals surface area contributed by atoms with Crippen molar-refractivity contribution < 1.29 is 5.11 Å². The summed E-state index contributed by atoms with van der Waals surface area (Å²) in [5, 5.41) is 9.80. The molecule has 16 heavy (non-hydrogen) atoms. The van der Waals surface area contributed by atoms with E-state index in [2.05, 4.69) is 19.9 Å². The van der Waals surface area contributed by atoms with Gasteiger partial charge in [0, 0.05) is 11.3 Å². The Morgan fingerprint density at radius 2 is 2.25 bits per heavy atom. The van der Waals surface area contributed by atoms with Crippen LogP contribution in [0.4, 0.5) is 0 Å². The summed E-state index contributed by atoms with van der Waals surface area (Å²) in [5.74, 6) is 0. The number of allylic oxidation sites excluding steroid dienone is 1. The molecule has 1 aromatic rings. The Labute approximate surface area is 106 Å². The number of rotatable bonds is 2. The van der Waals surface area contributed by atoms with E-state index in [1.54, 1.807) is 11.3 Å². The Balaban J connectivity index is 2.10. The van der Waals surface area contributed by atoms with Gasteiger partial charge in [-0.15, -0.1) is 11.3 Å². The summed E-state index contributed by atoms with van der Waals surface area (Å²) in [5.41, 5.74) is 1.55. The Kier molecular flexibility index (Phi) is 3.43. The quantitative estimate of drug-likeness (QED) is 0.792. The molecule has 1 atom stereocenters. The molecule has 0 aromatic carbocycles. The van der Waals surface area contributed by atoms with Crippen LogP contribution in [-0.4, -0.2) is 11.2 Å². The van der Waals surface area contributed by atoms with Gasteiger partial charge in [0.1, 0.15) is 0 Å². The first kappa shape index (κ1) is 12.2. The minimum Gasteiger partial charge on any atom is -0.389 e. The zero-order valence-electron chi connectivity index (χ0n) is 9.66. The van der Waals surface area contributed by atoms with Gasteiger partial charge in [0.05, 0.1) is 10.4 Å². The van der Waals surface area contributed by atoms with Crippen molar-refractivity contribution in [1.29, 1.82) is 0 Å². The lowest BCUT2D eigenvalue weighted by Crippen LogP contribution is -2.25. The highest BCUT2D eigenvalue weighted by Gasteiger charge is 2.27. The minimum absolute atomic E-state index is 0.213. The highest BCUT2D eigenvalue weighted by Crippen LogP contribution is 2.37. The third kappa shape index (κ3) is 3.09. The van der Waals surface area contributed by atoms with Crippen molar-refractivity contribution in [2.24, 2.45) is 5.41 Å². The number of hydrogen-bond acceptors (Lipinski definition) is 2. The van der Waals surface area contributed by atoms with E-state index in [9.17, 15) is 5.11 Å². The zero-order valence-corrected chi connectivity index (χ0v) is 11.2. The predicted octanol–water partition coefficient (Wildman–Crippen LogP) is 4.05. The maximum absolute atomic E-state index is 9.80. The summed E-state index contributed by atoms with van der Waals surface area (Å²) in [6.07, 6.45) is 4.59. The van der Waals surface area contributed by atoms with Gasteiger partial charge in [-0.3, -0.25) is 0 Å². The van der Waals surface area contributed by atoms with Gasteiger partial charge < -0.3 is 5.11 Å². The second kappa shape index (κ2) is 4.52. The van der Waals surface area contributed by atoms with Crippen LogP contribution < -0.4 is 0 Å². The smallest absolute Gasteiger partial charge is 0.0931 e. The molecule has 1 aromatic heterocycles. The lowest BCUT2D eigenvalue weighted by atomic mass is 9.75.